The van der Waals surface area contributed by atoms with Crippen LogP contribution in [0, 0.1) is 11.6 Å². The molecule has 1 atom stereocenters. The molecule has 0 fully saturated rings. The van der Waals surface area contributed by atoms with Crippen LogP contribution in [-0.4, -0.2) is 5.91 Å². The van der Waals surface area contributed by atoms with Gasteiger partial charge < -0.3 is 11.1 Å². The Morgan fingerprint density at radius 1 is 1.15 bits per heavy atom. The van der Waals surface area contributed by atoms with Crippen molar-refractivity contribution in [2.75, 3.05) is 0 Å². The summed E-state index contributed by atoms with van der Waals surface area (Å²) in [6.45, 7) is -0.0362. The molecule has 104 valence electrons. The highest BCUT2D eigenvalue weighted by atomic mass is 19.1. The molecule has 0 aromatic heterocycles. The summed E-state index contributed by atoms with van der Waals surface area (Å²) >= 11 is 0. The van der Waals surface area contributed by atoms with E-state index in [1.165, 1.54) is 6.07 Å². The van der Waals surface area contributed by atoms with E-state index in [4.69, 9.17) is 5.73 Å². The van der Waals surface area contributed by atoms with Crippen LogP contribution < -0.4 is 11.1 Å². The molecule has 0 aliphatic carbocycles. The maximum atomic E-state index is 13.4. The highest BCUT2D eigenvalue weighted by Crippen LogP contribution is 2.11. The van der Waals surface area contributed by atoms with E-state index in [2.05, 4.69) is 5.32 Å². The molecule has 0 saturated heterocycles. The Kier molecular flexibility index (Phi) is 4.42. The second-order valence-electron chi connectivity index (χ2n) is 4.34. The van der Waals surface area contributed by atoms with Crippen LogP contribution in [0.1, 0.15) is 17.2 Å². The number of rotatable bonds is 4. The highest BCUT2D eigenvalue weighted by Gasteiger charge is 2.15. The van der Waals surface area contributed by atoms with Gasteiger partial charge in [-0.2, -0.15) is 0 Å². The molecule has 0 spiro atoms. The number of halogens is 2. The van der Waals surface area contributed by atoms with Crippen molar-refractivity contribution >= 4 is 5.91 Å². The van der Waals surface area contributed by atoms with E-state index >= 15 is 0 Å². The number of hydrogen-bond donors (Lipinski definition) is 2. The average molecular weight is 276 g/mol. The first-order chi connectivity index (χ1) is 9.58. The number of carbonyl (C=O) groups is 1. The summed E-state index contributed by atoms with van der Waals surface area (Å²) in [7, 11) is 0. The molecule has 0 aliphatic heterocycles. The third-order valence-electron chi connectivity index (χ3n) is 2.91. The maximum Gasteiger partial charge on any atom is 0.241 e. The lowest BCUT2D eigenvalue weighted by atomic mass is 10.1. The van der Waals surface area contributed by atoms with Gasteiger partial charge in [0.05, 0.1) is 0 Å². The molecule has 0 saturated carbocycles. The van der Waals surface area contributed by atoms with Gasteiger partial charge in [-0.15, -0.1) is 0 Å². The smallest absolute Gasteiger partial charge is 0.241 e. The number of nitrogens with two attached hydrogens (primary N) is 1. The Balaban J connectivity index is 1.98. The molecule has 2 aromatic carbocycles. The second kappa shape index (κ2) is 6.25. The quantitative estimate of drug-likeness (QED) is 0.900. The van der Waals surface area contributed by atoms with E-state index in [1.54, 1.807) is 24.3 Å². The van der Waals surface area contributed by atoms with E-state index in [9.17, 15) is 13.6 Å². The molecule has 3 N–H and O–H groups in total. The number of carbonyl (C=O) groups excluding carboxylic acids is 1. The summed E-state index contributed by atoms with van der Waals surface area (Å²) < 4.78 is 26.2. The van der Waals surface area contributed by atoms with Crippen LogP contribution in [0.25, 0.3) is 0 Å². The first-order valence-electron chi connectivity index (χ1n) is 6.10. The third kappa shape index (κ3) is 3.39. The van der Waals surface area contributed by atoms with Crippen molar-refractivity contribution in [3.63, 3.8) is 0 Å². The van der Waals surface area contributed by atoms with E-state index in [0.717, 1.165) is 12.1 Å². The van der Waals surface area contributed by atoms with E-state index in [-0.39, 0.29) is 12.1 Å². The van der Waals surface area contributed by atoms with Crippen molar-refractivity contribution < 1.29 is 13.6 Å². The Morgan fingerprint density at radius 2 is 1.85 bits per heavy atom. The Bertz CT molecular complexity index is 602. The summed E-state index contributed by atoms with van der Waals surface area (Å²) in [6.07, 6.45) is 0. The molecule has 3 nitrogen and oxygen atoms in total. The minimum atomic E-state index is -0.820. The SMILES string of the molecule is NC(C(=O)NCc1ccc(F)cc1F)c1ccccc1. The molecule has 1 amide bonds. The molecule has 2 rings (SSSR count). The average Bonchev–Trinajstić information content (AvgIpc) is 2.46. The van der Waals surface area contributed by atoms with E-state index in [0.29, 0.717) is 5.56 Å². The van der Waals surface area contributed by atoms with Crippen LogP contribution in [0.5, 0.6) is 0 Å². The molecule has 2 aromatic rings. The number of benzene rings is 2. The van der Waals surface area contributed by atoms with Gasteiger partial charge in [0, 0.05) is 18.2 Å². The summed E-state index contributed by atoms with van der Waals surface area (Å²) in [6, 6.07) is 11.2. The van der Waals surface area contributed by atoms with Gasteiger partial charge in [0.25, 0.3) is 0 Å². The van der Waals surface area contributed by atoms with Crippen LogP contribution in [0.4, 0.5) is 8.78 Å². The molecule has 0 bridgehead atoms. The number of hydrogen-bond acceptors (Lipinski definition) is 2. The minimum Gasteiger partial charge on any atom is -0.350 e. The standard InChI is InChI=1S/C15H14F2N2O/c16-12-7-6-11(13(17)8-12)9-19-15(20)14(18)10-4-2-1-3-5-10/h1-8,14H,9,18H2,(H,19,20). The van der Waals surface area contributed by atoms with Crippen molar-refractivity contribution in [1.82, 2.24) is 5.32 Å². The Morgan fingerprint density at radius 3 is 2.50 bits per heavy atom. The van der Waals surface area contributed by atoms with Crippen LogP contribution in [0.3, 0.4) is 0 Å². The zero-order valence-corrected chi connectivity index (χ0v) is 10.6. The zero-order chi connectivity index (χ0) is 14.5. The van der Waals surface area contributed by atoms with Crippen molar-refractivity contribution in [2.45, 2.75) is 12.6 Å². The molecule has 20 heavy (non-hydrogen) atoms. The first kappa shape index (κ1) is 14.1. The summed E-state index contributed by atoms with van der Waals surface area (Å²) in [5.41, 5.74) is 6.68. The predicted octanol–water partition coefficient (Wildman–Crippen LogP) is 2.28. The lowest BCUT2D eigenvalue weighted by Gasteiger charge is -2.12. The molecule has 0 radical (unpaired) electrons. The van der Waals surface area contributed by atoms with Crippen molar-refractivity contribution in [2.24, 2.45) is 5.73 Å². The van der Waals surface area contributed by atoms with Gasteiger partial charge in [-0.05, 0) is 11.6 Å². The van der Waals surface area contributed by atoms with Gasteiger partial charge in [0.1, 0.15) is 17.7 Å². The van der Waals surface area contributed by atoms with Gasteiger partial charge in [-0.3, -0.25) is 4.79 Å². The largest absolute Gasteiger partial charge is 0.350 e. The molecule has 0 heterocycles. The van der Waals surface area contributed by atoms with Crippen LogP contribution in [0.15, 0.2) is 48.5 Å². The molecule has 1 unspecified atom stereocenters. The lowest BCUT2D eigenvalue weighted by molar-refractivity contribution is -0.122. The number of amides is 1. The molecular weight excluding hydrogens is 262 g/mol. The van der Waals surface area contributed by atoms with Gasteiger partial charge in [-0.25, -0.2) is 8.78 Å². The second-order valence-corrected chi connectivity index (χ2v) is 4.34. The summed E-state index contributed by atoms with van der Waals surface area (Å²) in [4.78, 5) is 11.9. The first-order valence-corrected chi connectivity index (χ1v) is 6.10. The Hall–Kier alpha value is -2.27. The van der Waals surface area contributed by atoms with Gasteiger partial charge >= 0.3 is 0 Å². The predicted molar refractivity (Wildman–Crippen MR) is 71.6 cm³/mol. The van der Waals surface area contributed by atoms with E-state index < -0.39 is 23.6 Å². The van der Waals surface area contributed by atoms with Crippen LogP contribution in [-0.2, 0) is 11.3 Å². The van der Waals surface area contributed by atoms with Crippen LogP contribution >= 0.6 is 0 Å². The van der Waals surface area contributed by atoms with E-state index in [1.807, 2.05) is 6.07 Å². The fourth-order valence-corrected chi connectivity index (χ4v) is 1.77. The summed E-state index contributed by atoms with van der Waals surface area (Å²) in [5.74, 6) is -1.77. The lowest BCUT2D eigenvalue weighted by Crippen LogP contribution is -2.33. The molecular formula is C15H14F2N2O. The normalized spacial score (nSPS) is 11.9. The molecule has 0 aliphatic rings. The highest BCUT2D eigenvalue weighted by molar-refractivity contribution is 5.82. The monoisotopic (exact) mass is 276 g/mol. The minimum absolute atomic E-state index is 0.0362. The van der Waals surface area contributed by atoms with Gasteiger partial charge in [0.15, 0.2) is 0 Å². The molecule has 5 heteroatoms. The number of nitrogens with one attached hydrogen (secondary N) is 1. The third-order valence-corrected chi connectivity index (χ3v) is 2.91. The Labute approximate surface area is 115 Å². The fourth-order valence-electron chi connectivity index (χ4n) is 1.77. The van der Waals surface area contributed by atoms with Gasteiger partial charge in [0.2, 0.25) is 5.91 Å². The van der Waals surface area contributed by atoms with Crippen LogP contribution in [0.2, 0.25) is 0 Å². The maximum absolute atomic E-state index is 13.4. The van der Waals surface area contributed by atoms with Gasteiger partial charge in [-0.1, -0.05) is 36.4 Å². The van der Waals surface area contributed by atoms with Crippen molar-refractivity contribution in [3.05, 3.63) is 71.3 Å². The van der Waals surface area contributed by atoms with Crippen molar-refractivity contribution in [1.29, 1.82) is 0 Å². The summed E-state index contributed by atoms with van der Waals surface area (Å²) in [5, 5.41) is 2.53. The fraction of sp³-hybridized carbons (Fsp3) is 0.133. The topological polar surface area (TPSA) is 55.1 Å². The van der Waals surface area contributed by atoms with Crippen molar-refractivity contribution in [3.8, 4) is 0 Å². The zero-order valence-electron chi connectivity index (χ0n) is 10.6.